The molecule has 0 bridgehead atoms. The number of hydrogen-bond donors (Lipinski definition) is 1. The second kappa shape index (κ2) is 5.39. The first-order chi connectivity index (χ1) is 7.35. The van der Waals surface area contributed by atoms with E-state index in [1.54, 1.807) is 0 Å². The van der Waals surface area contributed by atoms with Gasteiger partial charge < -0.3 is 5.32 Å². The van der Waals surface area contributed by atoms with E-state index in [0.29, 0.717) is 23.8 Å². The molecule has 2 unspecified atom stereocenters. The molecule has 94 valence electrons. The second-order valence-electron chi connectivity index (χ2n) is 6.11. The molecule has 1 aliphatic carbocycles. The molecule has 2 nitrogen and oxygen atoms in total. The van der Waals surface area contributed by atoms with Gasteiger partial charge in [-0.1, -0.05) is 13.8 Å². The number of carbonyl (C=O) groups is 1. The third-order valence-electron chi connectivity index (χ3n) is 3.46. The molecule has 1 amide bonds. The third-order valence-corrected chi connectivity index (χ3v) is 4.13. The van der Waals surface area contributed by atoms with Gasteiger partial charge >= 0.3 is 0 Å². The van der Waals surface area contributed by atoms with Gasteiger partial charge in [0.2, 0.25) is 5.91 Å². The van der Waals surface area contributed by atoms with E-state index in [0.717, 1.165) is 12.8 Å². The fourth-order valence-corrected chi connectivity index (χ4v) is 2.63. The quantitative estimate of drug-likeness (QED) is 0.761. The van der Waals surface area contributed by atoms with Crippen molar-refractivity contribution in [1.82, 2.24) is 5.32 Å². The van der Waals surface area contributed by atoms with Crippen LogP contribution in [0.1, 0.15) is 47.0 Å². The molecule has 1 rings (SSSR count). The molecule has 0 aliphatic heterocycles. The van der Waals surface area contributed by atoms with Crippen LogP contribution in [0.5, 0.6) is 0 Å². The van der Waals surface area contributed by atoms with Crippen molar-refractivity contribution in [1.29, 1.82) is 0 Å². The Labute approximate surface area is 104 Å². The van der Waals surface area contributed by atoms with E-state index >= 15 is 0 Å². The maximum Gasteiger partial charge on any atom is 0.227 e. The summed E-state index contributed by atoms with van der Waals surface area (Å²) >= 11 is 5.80. The molecule has 2 atom stereocenters. The molecule has 0 radical (unpaired) electrons. The Balaban J connectivity index is 2.51. The van der Waals surface area contributed by atoms with E-state index in [9.17, 15) is 4.79 Å². The molecule has 0 heterocycles. The van der Waals surface area contributed by atoms with Crippen LogP contribution in [0.3, 0.4) is 0 Å². The molecule has 0 spiro atoms. The average molecular weight is 246 g/mol. The number of amides is 1. The number of halogens is 1. The highest BCUT2D eigenvalue weighted by Gasteiger charge is 2.31. The lowest BCUT2D eigenvalue weighted by Gasteiger charge is -2.34. The maximum absolute atomic E-state index is 12.0. The van der Waals surface area contributed by atoms with E-state index < -0.39 is 5.41 Å². The topological polar surface area (TPSA) is 29.1 Å². The van der Waals surface area contributed by atoms with Crippen LogP contribution in [-0.4, -0.2) is 17.8 Å². The van der Waals surface area contributed by atoms with Crippen molar-refractivity contribution < 1.29 is 4.79 Å². The second-order valence-corrected chi connectivity index (χ2v) is 6.37. The minimum atomic E-state index is -0.453. The number of alkyl halides is 1. The molecule has 1 fully saturated rings. The minimum absolute atomic E-state index is 0.0915. The van der Waals surface area contributed by atoms with Gasteiger partial charge in [0.05, 0.1) is 5.41 Å². The normalized spacial score (nSPS) is 31.2. The van der Waals surface area contributed by atoms with Gasteiger partial charge in [-0.2, -0.15) is 0 Å². The van der Waals surface area contributed by atoms with Gasteiger partial charge in [-0.15, -0.1) is 11.6 Å². The van der Waals surface area contributed by atoms with Crippen LogP contribution in [0, 0.1) is 17.3 Å². The maximum atomic E-state index is 12.0. The highest BCUT2D eigenvalue weighted by molar-refractivity contribution is 6.19. The van der Waals surface area contributed by atoms with Gasteiger partial charge in [0, 0.05) is 11.9 Å². The van der Waals surface area contributed by atoms with Crippen molar-refractivity contribution >= 4 is 17.5 Å². The molecular formula is C13H24ClNO. The highest BCUT2D eigenvalue weighted by Crippen LogP contribution is 2.29. The predicted molar refractivity (Wildman–Crippen MR) is 68.6 cm³/mol. The van der Waals surface area contributed by atoms with Crippen LogP contribution in [0.4, 0.5) is 0 Å². The molecule has 16 heavy (non-hydrogen) atoms. The minimum Gasteiger partial charge on any atom is -0.353 e. The van der Waals surface area contributed by atoms with E-state index in [-0.39, 0.29) is 5.91 Å². The molecule has 1 N–H and O–H groups in total. The average Bonchev–Trinajstić information content (AvgIpc) is 2.15. The molecule has 1 aliphatic rings. The van der Waals surface area contributed by atoms with Crippen LogP contribution >= 0.6 is 11.6 Å². The summed E-state index contributed by atoms with van der Waals surface area (Å²) in [5.74, 6) is 1.89. The Morgan fingerprint density at radius 3 is 2.19 bits per heavy atom. The summed E-state index contributed by atoms with van der Waals surface area (Å²) in [4.78, 5) is 12.0. The zero-order chi connectivity index (χ0) is 12.3. The van der Waals surface area contributed by atoms with Gasteiger partial charge in [0.15, 0.2) is 0 Å². The summed E-state index contributed by atoms with van der Waals surface area (Å²) < 4.78 is 0. The summed E-state index contributed by atoms with van der Waals surface area (Å²) in [6, 6.07) is 0.341. The summed E-state index contributed by atoms with van der Waals surface area (Å²) in [6.45, 7) is 8.32. The zero-order valence-electron chi connectivity index (χ0n) is 10.8. The Bertz CT molecular complexity index is 242. The first kappa shape index (κ1) is 13.8. The lowest BCUT2D eigenvalue weighted by molar-refractivity contribution is -0.129. The number of rotatable bonds is 3. The number of carbonyl (C=O) groups excluding carboxylic acids is 1. The largest absolute Gasteiger partial charge is 0.353 e. The zero-order valence-corrected chi connectivity index (χ0v) is 11.6. The lowest BCUT2D eigenvalue weighted by Crippen LogP contribution is -2.46. The first-order valence-electron chi connectivity index (χ1n) is 6.22. The Hall–Kier alpha value is -0.240. The lowest BCUT2D eigenvalue weighted by atomic mass is 9.80. The fraction of sp³-hybridized carbons (Fsp3) is 0.923. The van der Waals surface area contributed by atoms with Gasteiger partial charge in [-0.05, 0) is 44.9 Å². The van der Waals surface area contributed by atoms with E-state index in [1.807, 2.05) is 13.8 Å². The van der Waals surface area contributed by atoms with Crippen molar-refractivity contribution in [3.05, 3.63) is 0 Å². The SMILES string of the molecule is CC1CC(C)CC(NC(=O)C(C)(C)CCl)C1. The third kappa shape index (κ3) is 3.65. The highest BCUT2D eigenvalue weighted by atomic mass is 35.5. The molecule has 0 aromatic rings. The summed E-state index contributed by atoms with van der Waals surface area (Å²) in [7, 11) is 0. The van der Waals surface area contributed by atoms with Crippen molar-refractivity contribution in [3.8, 4) is 0 Å². The van der Waals surface area contributed by atoms with Gasteiger partial charge in [0.1, 0.15) is 0 Å². The Kier molecular flexibility index (Phi) is 4.66. The van der Waals surface area contributed by atoms with Gasteiger partial charge in [-0.25, -0.2) is 0 Å². The van der Waals surface area contributed by atoms with Crippen molar-refractivity contribution in [2.75, 3.05) is 5.88 Å². The number of nitrogens with one attached hydrogen (secondary N) is 1. The molecule has 0 aromatic heterocycles. The van der Waals surface area contributed by atoms with Crippen LogP contribution in [0.25, 0.3) is 0 Å². The molecule has 3 heteroatoms. The molecule has 0 saturated heterocycles. The molecule has 1 saturated carbocycles. The van der Waals surface area contributed by atoms with E-state index in [1.165, 1.54) is 6.42 Å². The van der Waals surface area contributed by atoms with Crippen LogP contribution < -0.4 is 5.32 Å². The summed E-state index contributed by atoms with van der Waals surface area (Å²) in [5.41, 5.74) is -0.453. The molecule has 0 aromatic carbocycles. The monoisotopic (exact) mass is 245 g/mol. The smallest absolute Gasteiger partial charge is 0.227 e. The van der Waals surface area contributed by atoms with Gasteiger partial charge in [-0.3, -0.25) is 4.79 Å². The van der Waals surface area contributed by atoms with Crippen molar-refractivity contribution in [3.63, 3.8) is 0 Å². The first-order valence-corrected chi connectivity index (χ1v) is 6.75. The summed E-state index contributed by atoms with van der Waals surface area (Å²) in [5, 5.41) is 3.15. The van der Waals surface area contributed by atoms with Crippen LogP contribution in [-0.2, 0) is 4.79 Å². The summed E-state index contributed by atoms with van der Waals surface area (Å²) in [6.07, 6.45) is 3.49. The number of hydrogen-bond acceptors (Lipinski definition) is 1. The predicted octanol–water partition coefficient (Wildman–Crippen LogP) is 3.19. The van der Waals surface area contributed by atoms with E-state index in [4.69, 9.17) is 11.6 Å². The fourth-order valence-electron chi connectivity index (χ4n) is 2.51. The standard InChI is InChI=1S/C13H24ClNO/c1-9-5-10(2)7-11(6-9)15-12(16)13(3,4)8-14/h9-11H,5-8H2,1-4H3,(H,15,16). The van der Waals surface area contributed by atoms with E-state index in [2.05, 4.69) is 19.2 Å². The van der Waals surface area contributed by atoms with Gasteiger partial charge in [0.25, 0.3) is 0 Å². The van der Waals surface area contributed by atoms with Crippen LogP contribution in [0.2, 0.25) is 0 Å². The van der Waals surface area contributed by atoms with Crippen LogP contribution in [0.15, 0.2) is 0 Å². The Morgan fingerprint density at radius 2 is 1.75 bits per heavy atom. The molecular weight excluding hydrogens is 222 g/mol. The van der Waals surface area contributed by atoms with Crippen molar-refractivity contribution in [2.45, 2.75) is 53.0 Å². The Morgan fingerprint density at radius 1 is 1.25 bits per heavy atom. The van der Waals surface area contributed by atoms with Crippen molar-refractivity contribution in [2.24, 2.45) is 17.3 Å².